The van der Waals surface area contributed by atoms with Gasteiger partial charge < -0.3 is 15.5 Å². The predicted molar refractivity (Wildman–Crippen MR) is 122 cm³/mol. The summed E-state index contributed by atoms with van der Waals surface area (Å²) in [6.45, 7) is 0.461. The Labute approximate surface area is 210 Å². The molecule has 0 saturated carbocycles. The molecule has 5 rings (SSSR count). The molecule has 186 valence electrons. The third-order valence-corrected chi connectivity index (χ3v) is 8.30. The second-order valence-corrected chi connectivity index (χ2v) is 10.4. The number of carbonyl (C=O) groups excluding carboxylic acids is 2. The van der Waals surface area contributed by atoms with Crippen LogP contribution in [0.3, 0.4) is 0 Å². The zero-order valence-electron chi connectivity index (χ0n) is 17.8. The van der Waals surface area contributed by atoms with Gasteiger partial charge in [-0.25, -0.2) is 4.39 Å². The van der Waals surface area contributed by atoms with Crippen LogP contribution in [0.4, 0.5) is 17.6 Å². The fourth-order valence-electron chi connectivity index (χ4n) is 4.66. The minimum absolute atomic E-state index is 0.0275. The van der Waals surface area contributed by atoms with Crippen molar-refractivity contribution in [1.29, 1.82) is 0 Å². The first-order chi connectivity index (χ1) is 16.5. The number of hydrogen-bond donors (Lipinski definition) is 2. The van der Waals surface area contributed by atoms with E-state index in [-0.39, 0.29) is 11.6 Å². The van der Waals surface area contributed by atoms with E-state index < -0.39 is 51.6 Å². The van der Waals surface area contributed by atoms with Gasteiger partial charge in [0.25, 0.3) is 11.5 Å². The Morgan fingerprint density at radius 2 is 1.91 bits per heavy atom. The highest BCUT2D eigenvalue weighted by Gasteiger charge is 2.63. The van der Waals surface area contributed by atoms with Crippen LogP contribution in [0.5, 0.6) is 0 Å². The van der Waals surface area contributed by atoms with E-state index in [1.807, 2.05) is 0 Å². The van der Waals surface area contributed by atoms with Crippen LogP contribution >= 0.6 is 34.5 Å². The summed E-state index contributed by atoms with van der Waals surface area (Å²) in [4.78, 5) is 30.6. The van der Waals surface area contributed by atoms with Gasteiger partial charge in [0.1, 0.15) is 11.8 Å². The normalized spacial score (nSPS) is 23.7. The van der Waals surface area contributed by atoms with Crippen molar-refractivity contribution in [2.75, 3.05) is 6.54 Å². The van der Waals surface area contributed by atoms with E-state index in [1.54, 1.807) is 0 Å². The predicted octanol–water partition coefficient (Wildman–Crippen LogP) is 4.88. The lowest BCUT2D eigenvalue weighted by Crippen LogP contribution is -2.42. The van der Waals surface area contributed by atoms with Gasteiger partial charge >= 0.3 is 6.18 Å². The highest BCUT2D eigenvalue weighted by Crippen LogP contribution is 2.51. The van der Waals surface area contributed by atoms with E-state index >= 15 is 0 Å². The number of benzene rings is 1. The van der Waals surface area contributed by atoms with Gasteiger partial charge in [0.05, 0.1) is 26.2 Å². The van der Waals surface area contributed by atoms with Crippen LogP contribution in [0.15, 0.2) is 17.3 Å². The Hall–Kier alpha value is -2.37. The summed E-state index contributed by atoms with van der Waals surface area (Å²) in [5.74, 6) is -1.75. The number of amides is 2. The van der Waals surface area contributed by atoms with Crippen molar-refractivity contribution < 1.29 is 32.0 Å². The molecule has 2 atom stereocenters. The monoisotopic (exact) mass is 549 g/mol. The number of halogens is 6. The third kappa shape index (κ3) is 3.97. The number of alkyl halides is 3. The van der Waals surface area contributed by atoms with E-state index in [0.29, 0.717) is 35.6 Å². The molecule has 1 unspecified atom stereocenters. The first-order valence-corrected chi connectivity index (χ1v) is 12.3. The molecule has 2 aromatic rings. The van der Waals surface area contributed by atoms with Crippen molar-refractivity contribution in [3.05, 3.63) is 54.4 Å². The zero-order chi connectivity index (χ0) is 25.1. The number of oxime groups is 1. The molecule has 13 heteroatoms. The third-order valence-electron chi connectivity index (χ3n) is 6.43. The molecule has 2 amide bonds. The Kier molecular flexibility index (Phi) is 6.00. The van der Waals surface area contributed by atoms with Crippen molar-refractivity contribution in [2.45, 2.75) is 49.9 Å². The summed E-state index contributed by atoms with van der Waals surface area (Å²) in [6, 6.07) is 1.01. The fourth-order valence-corrected chi connectivity index (χ4v) is 6.42. The average molecular weight is 550 g/mol. The van der Waals surface area contributed by atoms with Crippen LogP contribution in [-0.4, -0.2) is 36.3 Å². The summed E-state index contributed by atoms with van der Waals surface area (Å²) in [6.07, 6.45) is -3.27. The van der Waals surface area contributed by atoms with Gasteiger partial charge in [0.2, 0.25) is 5.91 Å². The Morgan fingerprint density at radius 3 is 2.54 bits per heavy atom. The van der Waals surface area contributed by atoms with Gasteiger partial charge in [-0.05, 0) is 48.9 Å². The van der Waals surface area contributed by atoms with Gasteiger partial charge in [-0.1, -0.05) is 28.4 Å². The molecule has 1 aromatic carbocycles. The molecule has 1 aromatic heterocycles. The van der Waals surface area contributed by atoms with Gasteiger partial charge in [-0.3, -0.25) is 9.59 Å². The minimum atomic E-state index is -4.93. The summed E-state index contributed by atoms with van der Waals surface area (Å²) < 4.78 is 56.9. The largest absolute Gasteiger partial charge is 0.435 e. The van der Waals surface area contributed by atoms with E-state index in [9.17, 15) is 27.2 Å². The summed E-state index contributed by atoms with van der Waals surface area (Å²) in [5.41, 5.74) is -1.85. The summed E-state index contributed by atoms with van der Waals surface area (Å²) >= 11 is 12.6. The summed E-state index contributed by atoms with van der Waals surface area (Å²) in [5, 5.41) is 7.99. The average Bonchev–Trinajstić information content (AvgIpc) is 3.55. The number of rotatable bonds is 4. The summed E-state index contributed by atoms with van der Waals surface area (Å²) in [7, 11) is 0. The first-order valence-electron chi connectivity index (χ1n) is 10.7. The number of fused-ring (bicyclic) bond motifs is 1. The number of nitrogens with zero attached hydrogens (tertiary/aromatic N) is 1. The molecule has 35 heavy (non-hydrogen) atoms. The first kappa shape index (κ1) is 24.3. The van der Waals surface area contributed by atoms with E-state index in [2.05, 4.69) is 15.8 Å². The van der Waals surface area contributed by atoms with Crippen LogP contribution in [0.25, 0.3) is 0 Å². The lowest BCUT2D eigenvalue weighted by atomic mass is 9.87. The van der Waals surface area contributed by atoms with Crippen molar-refractivity contribution in [2.24, 2.45) is 5.16 Å². The van der Waals surface area contributed by atoms with Crippen LogP contribution in [0.1, 0.15) is 50.5 Å². The van der Waals surface area contributed by atoms with Crippen LogP contribution in [-0.2, 0) is 28.1 Å². The molecule has 1 saturated heterocycles. The van der Waals surface area contributed by atoms with Crippen LogP contribution in [0.2, 0.25) is 10.0 Å². The topological polar surface area (TPSA) is 79.8 Å². The second-order valence-electron chi connectivity index (χ2n) is 8.56. The van der Waals surface area contributed by atoms with Crippen molar-refractivity contribution in [1.82, 2.24) is 10.6 Å². The molecule has 1 fully saturated rings. The SMILES string of the molecule is O=C(N[C@@H]1CCNC1=O)c1sc(C2=NOC(c3cc(Cl)c(F)c(Cl)c3)(C(F)(F)F)C2)c2c1CCC2. The smallest absolute Gasteiger partial charge is 0.374 e. The van der Waals surface area contributed by atoms with Crippen LogP contribution < -0.4 is 10.6 Å². The lowest BCUT2D eigenvalue weighted by Gasteiger charge is -2.29. The maximum atomic E-state index is 14.3. The van der Waals surface area contributed by atoms with Gasteiger partial charge in [0, 0.05) is 12.1 Å². The van der Waals surface area contributed by atoms with Gasteiger partial charge in [-0.2, -0.15) is 13.2 Å². The highest BCUT2D eigenvalue weighted by atomic mass is 35.5. The second kappa shape index (κ2) is 8.63. The number of carbonyl (C=O) groups is 2. The minimum Gasteiger partial charge on any atom is -0.374 e. The zero-order valence-corrected chi connectivity index (χ0v) is 20.2. The fraction of sp³-hybridized carbons (Fsp3) is 0.409. The number of nitrogens with one attached hydrogen (secondary N) is 2. The number of thiophene rings is 1. The maximum Gasteiger partial charge on any atom is 0.435 e. The van der Waals surface area contributed by atoms with Crippen LogP contribution in [0, 0.1) is 5.82 Å². The molecule has 1 aliphatic carbocycles. The molecule has 6 nitrogen and oxygen atoms in total. The molecule has 0 spiro atoms. The molecular weight excluding hydrogens is 533 g/mol. The van der Waals surface area contributed by atoms with Crippen molar-refractivity contribution in [3.8, 4) is 0 Å². The van der Waals surface area contributed by atoms with E-state index in [0.717, 1.165) is 41.0 Å². The van der Waals surface area contributed by atoms with Gasteiger partial charge in [0.15, 0.2) is 5.82 Å². The van der Waals surface area contributed by atoms with E-state index in [1.165, 1.54) is 0 Å². The molecule has 0 radical (unpaired) electrons. The highest BCUT2D eigenvalue weighted by molar-refractivity contribution is 7.16. The standard InChI is InChI=1S/C22H17Cl2F4N3O3S/c23-12-6-9(7-13(24)16(12)25)21(22(26,27)28)8-15(31-34-21)17-10-2-1-3-11(10)18(35-17)20(33)30-14-4-5-29-19(14)32/h6-7,14H,1-5,8H2,(H,29,32)(H,30,33)/t14-,21?/m1/s1. The Balaban J connectivity index is 1.49. The van der Waals surface area contributed by atoms with Crippen molar-refractivity contribution >= 4 is 52.1 Å². The van der Waals surface area contributed by atoms with Gasteiger partial charge in [-0.15, -0.1) is 11.3 Å². The molecule has 2 aliphatic heterocycles. The maximum absolute atomic E-state index is 14.3. The quantitative estimate of drug-likeness (QED) is 0.421. The molecule has 3 aliphatic rings. The molecule has 0 bridgehead atoms. The van der Waals surface area contributed by atoms with E-state index in [4.69, 9.17) is 28.0 Å². The Morgan fingerprint density at radius 1 is 1.23 bits per heavy atom. The Bertz CT molecular complexity index is 1260. The molecule has 3 heterocycles. The molecule has 2 N–H and O–H groups in total. The number of hydrogen-bond acceptors (Lipinski definition) is 5. The van der Waals surface area contributed by atoms with Crippen molar-refractivity contribution in [3.63, 3.8) is 0 Å². The lowest BCUT2D eigenvalue weighted by molar-refractivity contribution is -0.275. The molecular formula is C22H17Cl2F4N3O3S.